The van der Waals surface area contributed by atoms with E-state index < -0.39 is 5.97 Å². The standard InChI is InChI=1S/C14H13NO4/c1-8-5-6-19-12(8)13(16)15-10-3-4-11(14(17)18)9(2)7-10/h3-7H,1-2H3,(H,15,16)(H,17,18). The average Bonchev–Trinajstić information content (AvgIpc) is 2.75. The summed E-state index contributed by atoms with van der Waals surface area (Å²) in [4.78, 5) is 22.8. The van der Waals surface area contributed by atoms with Gasteiger partial charge in [0.2, 0.25) is 0 Å². The van der Waals surface area contributed by atoms with Crippen molar-refractivity contribution in [3.8, 4) is 0 Å². The number of carbonyl (C=O) groups excluding carboxylic acids is 1. The molecule has 0 aliphatic rings. The molecule has 0 saturated carbocycles. The Hall–Kier alpha value is -2.56. The van der Waals surface area contributed by atoms with Crippen LogP contribution >= 0.6 is 0 Å². The third-order valence-corrected chi connectivity index (χ3v) is 2.78. The lowest BCUT2D eigenvalue weighted by atomic mass is 10.1. The molecule has 0 unspecified atom stereocenters. The molecule has 2 aromatic rings. The summed E-state index contributed by atoms with van der Waals surface area (Å²) in [7, 11) is 0. The maximum atomic E-state index is 11.9. The van der Waals surface area contributed by atoms with Gasteiger partial charge < -0.3 is 14.8 Å². The van der Waals surface area contributed by atoms with E-state index in [1.807, 2.05) is 0 Å². The van der Waals surface area contributed by atoms with Crippen LogP contribution in [0.1, 0.15) is 32.0 Å². The van der Waals surface area contributed by atoms with E-state index in [9.17, 15) is 9.59 Å². The van der Waals surface area contributed by atoms with Crippen molar-refractivity contribution < 1.29 is 19.1 Å². The highest BCUT2D eigenvalue weighted by Crippen LogP contribution is 2.17. The molecule has 19 heavy (non-hydrogen) atoms. The first-order valence-corrected chi connectivity index (χ1v) is 5.68. The Kier molecular flexibility index (Phi) is 3.37. The fourth-order valence-electron chi connectivity index (χ4n) is 1.77. The number of carboxylic acid groups (broad SMARTS) is 1. The number of hydrogen-bond donors (Lipinski definition) is 2. The number of rotatable bonds is 3. The summed E-state index contributed by atoms with van der Waals surface area (Å²) in [5, 5.41) is 11.6. The second-order valence-electron chi connectivity index (χ2n) is 4.22. The summed E-state index contributed by atoms with van der Waals surface area (Å²) >= 11 is 0. The summed E-state index contributed by atoms with van der Waals surface area (Å²) in [5.41, 5.74) is 2.08. The Morgan fingerprint density at radius 2 is 1.89 bits per heavy atom. The lowest BCUT2D eigenvalue weighted by molar-refractivity contribution is 0.0696. The van der Waals surface area contributed by atoms with Gasteiger partial charge in [-0.15, -0.1) is 0 Å². The molecule has 1 aromatic carbocycles. The number of furan rings is 1. The van der Waals surface area contributed by atoms with Crippen molar-refractivity contribution in [2.24, 2.45) is 0 Å². The number of amides is 1. The van der Waals surface area contributed by atoms with Gasteiger partial charge in [-0.1, -0.05) is 0 Å². The van der Waals surface area contributed by atoms with Gasteiger partial charge in [-0.25, -0.2) is 4.79 Å². The van der Waals surface area contributed by atoms with Gasteiger partial charge in [-0.2, -0.15) is 0 Å². The Bertz CT molecular complexity index is 643. The average molecular weight is 259 g/mol. The topological polar surface area (TPSA) is 79.5 Å². The smallest absolute Gasteiger partial charge is 0.335 e. The van der Waals surface area contributed by atoms with Crippen molar-refractivity contribution in [2.45, 2.75) is 13.8 Å². The van der Waals surface area contributed by atoms with Crippen molar-refractivity contribution in [3.05, 3.63) is 53.0 Å². The fraction of sp³-hybridized carbons (Fsp3) is 0.143. The molecular formula is C14H13NO4. The third-order valence-electron chi connectivity index (χ3n) is 2.78. The Morgan fingerprint density at radius 1 is 1.16 bits per heavy atom. The van der Waals surface area contributed by atoms with E-state index >= 15 is 0 Å². The quantitative estimate of drug-likeness (QED) is 0.888. The van der Waals surface area contributed by atoms with E-state index in [1.165, 1.54) is 12.3 Å². The minimum Gasteiger partial charge on any atom is -0.478 e. The predicted octanol–water partition coefficient (Wildman–Crippen LogP) is 2.85. The number of aromatic carboxylic acids is 1. The molecule has 5 nitrogen and oxygen atoms in total. The van der Waals surface area contributed by atoms with Crippen LogP contribution in [0.4, 0.5) is 5.69 Å². The van der Waals surface area contributed by atoms with E-state index in [4.69, 9.17) is 9.52 Å². The minimum atomic E-state index is -0.989. The van der Waals surface area contributed by atoms with Gasteiger partial charge in [-0.05, 0) is 43.7 Å². The van der Waals surface area contributed by atoms with Crippen LogP contribution in [0.15, 0.2) is 34.9 Å². The van der Waals surface area contributed by atoms with Gasteiger partial charge in [0.1, 0.15) is 0 Å². The normalized spacial score (nSPS) is 10.2. The number of carboxylic acids is 1. The minimum absolute atomic E-state index is 0.215. The van der Waals surface area contributed by atoms with Crippen LogP contribution in [0.3, 0.4) is 0 Å². The highest BCUT2D eigenvalue weighted by Gasteiger charge is 2.14. The van der Waals surface area contributed by atoms with Gasteiger partial charge in [0.25, 0.3) is 5.91 Å². The highest BCUT2D eigenvalue weighted by molar-refractivity contribution is 6.03. The monoisotopic (exact) mass is 259 g/mol. The molecule has 1 heterocycles. The largest absolute Gasteiger partial charge is 0.478 e. The fourth-order valence-corrected chi connectivity index (χ4v) is 1.77. The molecule has 0 radical (unpaired) electrons. The summed E-state index contributed by atoms with van der Waals surface area (Å²) in [6.45, 7) is 3.45. The lowest BCUT2D eigenvalue weighted by Gasteiger charge is -2.07. The van der Waals surface area contributed by atoms with Crippen LogP contribution in [0, 0.1) is 13.8 Å². The van der Waals surface area contributed by atoms with Crippen molar-refractivity contribution in [2.75, 3.05) is 5.32 Å². The van der Waals surface area contributed by atoms with Gasteiger partial charge in [-0.3, -0.25) is 4.79 Å². The first kappa shape index (κ1) is 12.9. The third kappa shape index (κ3) is 2.65. The zero-order chi connectivity index (χ0) is 14.0. The molecule has 0 aliphatic heterocycles. The molecule has 0 aliphatic carbocycles. The predicted molar refractivity (Wildman–Crippen MR) is 69.5 cm³/mol. The van der Waals surface area contributed by atoms with Crippen molar-refractivity contribution in [1.29, 1.82) is 0 Å². The zero-order valence-electron chi connectivity index (χ0n) is 10.6. The summed E-state index contributed by atoms with van der Waals surface area (Å²) < 4.78 is 5.08. The summed E-state index contributed by atoms with van der Waals surface area (Å²) in [6.07, 6.45) is 1.45. The highest BCUT2D eigenvalue weighted by atomic mass is 16.4. The molecule has 0 fully saturated rings. The number of nitrogens with one attached hydrogen (secondary N) is 1. The van der Waals surface area contributed by atoms with Crippen LogP contribution in [0.5, 0.6) is 0 Å². The molecule has 0 bridgehead atoms. The molecule has 1 amide bonds. The number of aryl methyl sites for hydroxylation is 2. The maximum absolute atomic E-state index is 11.9. The van der Waals surface area contributed by atoms with E-state index in [0.29, 0.717) is 11.3 Å². The zero-order valence-corrected chi connectivity index (χ0v) is 10.6. The van der Waals surface area contributed by atoms with Crippen LogP contribution in [0.25, 0.3) is 0 Å². The molecule has 98 valence electrons. The number of benzene rings is 1. The molecule has 2 rings (SSSR count). The van der Waals surface area contributed by atoms with Gasteiger partial charge in [0.05, 0.1) is 11.8 Å². The Morgan fingerprint density at radius 3 is 2.42 bits per heavy atom. The van der Waals surface area contributed by atoms with E-state index in [1.54, 1.807) is 32.0 Å². The van der Waals surface area contributed by atoms with Gasteiger partial charge >= 0.3 is 5.97 Å². The second-order valence-corrected chi connectivity index (χ2v) is 4.22. The molecular weight excluding hydrogens is 246 g/mol. The second kappa shape index (κ2) is 4.97. The van der Waals surface area contributed by atoms with Gasteiger partial charge in [0.15, 0.2) is 5.76 Å². The number of anilines is 1. The van der Waals surface area contributed by atoms with Crippen molar-refractivity contribution in [1.82, 2.24) is 0 Å². The Balaban J connectivity index is 2.21. The molecule has 1 aromatic heterocycles. The molecule has 2 N–H and O–H groups in total. The number of hydrogen-bond acceptors (Lipinski definition) is 3. The van der Waals surface area contributed by atoms with Crippen LogP contribution in [-0.4, -0.2) is 17.0 Å². The van der Waals surface area contributed by atoms with E-state index in [2.05, 4.69) is 5.32 Å². The molecule has 5 heteroatoms. The van der Waals surface area contributed by atoms with Crippen molar-refractivity contribution in [3.63, 3.8) is 0 Å². The van der Waals surface area contributed by atoms with Gasteiger partial charge in [0, 0.05) is 11.3 Å². The SMILES string of the molecule is Cc1cc(NC(=O)c2occc2C)ccc1C(=O)O. The molecule has 0 atom stereocenters. The maximum Gasteiger partial charge on any atom is 0.335 e. The lowest BCUT2D eigenvalue weighted by Crippen LogP contribution is -2.12. The van der Waals surface area contributed by atoms with Crippen LogP contribution in [0.2, 0.25) is 0 Å². The molecule has 0 spiro atoms. The first-order valence-electron chi connectivity index (χ1n) is 5.68. The van der Waals surface area contributed by atoms with Crippen LogP contribution < -0.4 is 5.32 Å². The van der Waals surface area contributed by atoms with Crippen molar-refractivity contribution >= 4 is 17.6 Å². The first-order chi connectivity index (χ1) is 8.99. The Labute approximate surface area is 109 Å². The number of carbonyl (C=O) groups is 2. The molecule has 0 saturated heterocycles. The summed E-state index contributed by atoms with van der Waals surface area (Å²) in [6, 6.07) is 6.32. The summed E-state index contributed by atoms with van der Waals surface area (Å²) in [5.74, 6) is -1.10. The van der Waals surface area contributed by atoms with Crippen LogP contribution in [-0.2, 0) is 0 Å². The van der Waals surface area contributed by atoms with E-state index in [0.717, 1.165) is 5.56 Å². The van der Waals surface area contributed by atoms with E-state index in [-0.39, 0.29) is 17.2 Å².